The van der Waals surface area contributed by atoms with Crippen molar-refractivity contribution in [2.75, 3.05) is 17.7 Å². The lowest BCUT2D eigenvalue weighted by Crippen LogP contribution is -2.30. The van der Waals surface area contributed by atoms with Gasteiger partial charge in [-0.2, -0.15) is 9.97 Å². The Morgan fingerprint density at radius 1 is 1.30 bits per heavy atom. The minimum absolute atomic E-state index is 0.0163. The van der Waals surface area contributed by atoms with Crippen molar-refractivity contribution in [1.82, 2.24) is 19.5 Å². The van der Waals surface area contributed by atoms with E-state index in [1.807, 2.05) is 18.4 Å². The number of nitrogens with two attached hydrogens (primary N) is 1. The summed E-state index contributed by atoms with van der Waals surface area (Å²) < 4.78 is 1.95. The second-order valence-corrected chi connectivity index (χ2v) is 5.53. The molecular formula is C13H22N6O. The molecule has 0 amide bonds. The Morgan fingerprint density at radius 2 is 2.00 bits per heavy atom. The summed E-state index contributed by atoms with van der Waals surface area (Å²) in [5.74, 6) is 1.03. The van der Waals surface area contributed by atoms with Gasteiger partial charge >= 0.3 is 0 Å². The third-order valence-corrected chi connectivity index (χ3v) is 3.32. The van der Waals surface area contributed by atoms with Crippen molar-refractivity contribution in [2.24, 2.45) is 5.92 Å². The molecule has 110 valence electrons. The average molecular weight is 278 g/mol. The Labute approximate surface area is 118 Å². The zero-order chi connectivity index (χ0) is 14.9. The summed E-state index contributed by atoms with van der Waals surface area (Å²) in [5, 5.41) is 12.5. The fourth-order valence-electron chi connectivity index (χ4n) is 1.97. The first kappa shape index (κ1) is 14.5. The van der Waals surface area contributed by atoms with Gasteiger partial charge in [-0.25, -0.2) is 4.98 Å². The van der Waals surface area contributed by atoms with E-state index in [0.717, 1.165) is 0 Å². The van der Waals surface area contributed by atoms with Crippen LogP contribution in [0.15, 0.2) is 6.33 Å². The number of nitrogens with zero attached hydrogens (tertiary/aromatic N) is 4. The first-order valence-corrected chi connectivity index (χ1v) is 6.81. The minimum atomic E-state index is -0.109. The third kappa shape index (κ3) is 2.67. The Balaban J connectivity index is 2.42. The van der Waals surface area contributed by atoms with Gasteiger partial charge in [0.1, 0.15) is 5.52 Å². The van der Waals surface area contributed by atoms with Gasteiger partial charge < -0.3 is 20.7 Å². The van der Waals surface area contributed by atoms with Gasteiger partial charge in [0.25, 0.3) is 0 Å². The number of nitrogens with one attached hydrogen (secondary N) is 1. The van der Waals surface area contributed by atoms with E-state index in [2.05, 4.69) is 34.1 Å². The molecule has 0 unspecified atom stereocenters. The molecule has 1 atom stereocenters. The topological polar surface area (TPSA) is 102 Å². The first-order chi connectivity index (χ1) is 9.43. The Hall–Kier alpha value is -1.89. The fourth-order valence-corrected chi connectivity index (χ4v) is 1.97. The van der Waals surface area contributed by atoms with Crippen LogP contribution in [0.4, 0.5) is 11.8 Å². The molecule has 2 rings (SSSR count). The Morgan fingerprint density at radius 3 is 2.55 bits per heavy atom. The molecule has 0 spiro atoms. The summed E-state index contributed by atoms with van der Waals surface area (Å²) >= 11 is 0. The molecule has 4 N–H and O–H groups in total. The van der Waals surface area contributed by atoms with E-state index in [0.29, 0.717) is 22.9 Å². The number of fused-ring (bicyclic) bond motifs is 1. The number of nitrogen functional groups attached to an aromatic ring is 1. The summed E-state index contributed by atoms with van der Waals surface area (Å²) in [7, 11) is 0. The zero-order valence-corrected chi connectivity index (χ0v) is 12.3. The highest BCUT2D eigenvalue weighted by molar-refractivity contribution is 5.82. The Bertz CT molecular complexity index is 592. The summed E-state index contributed by atoms with van der Waals surface area (Å²) in [5.41, 5.74) is 7.24. The largest absolute Gasteiger partial charge is 0.394 e. The molecule has 7 nitrogen and oxygen atoms in total. The lowest BCUT2D eigenvalue weighted by Gasteiger charge is -2.20. The van der Waals surface area contributed by atoms with Crippen molar-refractivity contribution in [1.29, 1.82) is 0 Å². The number of hydrogen-bond donors (Lipinski definition) is 3. The van der Waals surface area contributed by atoms with E-state index in [4.69, 9.17) is 5.73 Å². The first-order valence-electron chi connectivity index (χ1n) is 6.81. The van der Waals surface area contributed by atoms with Crippen LogP contribution in [-0.2, 0) is 0 Å². The van der Waals surface area contributed by atoms with E-state index in [9.17, 15) is 5.11 Å². The molecule has 7 heteroatoms. The molecular weight excluding hydrogens is 256 g/mol. The molecule has 0 saturated carbocycles. The summed E-state index contributed by atoms with van der Waals surface area (Å²) in [6, 6.07) is 0.128. The van der Waals surface area contributed by atoms with Gasteiger partial charge in [-0.15, -0.1) is 0 Å². The van der Waals surface area contributed by atoms with Crippen LogP contribution >= 0.6 is 0 Å². The van der Waals surface area contributed by atoms with Crippen LogP contribution in [0.25, 0.3) is 11.2 Å². The lowest BCUT2D eigenvalue weighted by atomic mass is 10.1. The molecule has 0 aliphatic rings. The third-order valence-electron chi connectivity index (χ3n) is 3.32. The van der Waals surface area contributed by atoms with Crippen LogP contribution in [0.3, 0.4) is 0 Å². The molecule has 2 aromatic rings. The van der Waals surface area contributed by atoms with E-state index in [-0.39, 0.29) is 24.6 Å². The van der Waals surface area contributed by atoms with Crippen molar-refractivity contribution < 1.29 is 5.11 Å². The molecule has 0 aliphatic heterocycles. The highest BCUT2D eigenvalue weighted by Gasteiger charge is 2.17. The van der Waals surface area contributed by atoms with E-state index < -0.39 is 0 Å². The smallest absolute Gasteiger partial charge is 0.227 e. The second-order valence-electron chi connectivity index (χ2n) is 5.53. The van der Waals surface area contributed by atoms with Gasteiger partial charge in [0.05, 0.1) is 19.0 Å². The maximum atomic E-state index is 9.38. The number of anilines is 2. The van der Waals surface area contributed by atoms with Crippen LogP contribution in [0.2, 0.25) is 0 Å². The normalized spacial score (nSPS) is 13.3. The van der Waals surface area contributed by atoms with Gasteiger partial charge in [0, 0.05) is 6.04 Å². The number of imidazole rings is 1. The SMILES string of the molecule is CC(C)[C@H](CO)Nc1nc(N)c2ncn(C(C)C)c2n1. The van der Waals surface area contributed by atoms with Gasteiger partial charge in [0.2, 0.25) is 5.95 Å². The van der Waals surface area contributed by atoms with Crippen molar-refractivity contribution in [2.45, 2.75) is 39.8 Å². The lowest BCUT2D eigenvalue weighted by molar-refractivity contribution is 0.248. The predicted octanol–water partition coefficient (Wildman–Crippen LogP) is 1.42. The van der Waals surface area contributed by atoms with Crippen molar-refractivity contribution >= 4 is 22.9 Å². The maximum absolute atomic E-state index is 9.38. The quantitative estimate of drug-likeness (QED) is 0.764. The van der Waals surface area contributed by atoms with Crippen LogP contribution in [0, 0.1) is 5.92 Å². The van der Waals surface area contributed by atoms with Gasteiger partial charge in [-0.3, -0.25) is 0 Å². The average Bonchev–Trinajstić information content (AvgIpc) is 2.79. The molecule has 0 aliphatic carbocycles. The monoisotopic (exact) mass is 278 g/mol. The summed E-state index contributed by atoms with van der Waals surface area (Å²) in [6.45, 7) is 8.17. The highest BCUT2D eigenvalue weighted by Crippen LogP contribution is 2.21. The molecule has 0 bridgehead atoms. The van der Waals surface area contributed by atoms with Gasteiger partial charge in [-0.05, 0) is 19.8 Å². The molecule has 2 aromatic heterocycles. The number of rotatable bonds is 5. The summed E-state index contributed by atoms with van der Waals surface area (Å²) in [4.78, 5) is 12.9. The standard InChI is InChI=1S/C13H22N6O/c1-7(2)9(5-20)16-13-17-11(14)10-12(18-13)19(6-15-10)8(3)4/h6-9,20H,5H2,1-4H3,(H3,14,16,17,18)/t9-/m0/s1. The fraction of sp³-hybridized carbons (Fsp3) is 0.615. The molecule has 0 fully saturated rings. The number of aliphatic hydroxyl groups is 1. The van der Waals surface area contributed by atoms with E-state index in [1.165, 1.54) is 0 Å². The van der Waals surface area contributed by atoms with Crippen molar-refractivity contribution in [3.8, 4) is 0 Å². The van der Waals surface area contributed by atoms with Gasteiger partial charge in [0.15, 0.2) is 11.5 Å². The van der Waals surface area contributed by atoms with Crippen LogP contribution < -0.4 is 11.1 Å². The summed E-state index contributed by atoms with van der Waals surface area (Å²) in [6.07, 6.45) is 1.72. The van der Waals surface area contributed by atoms with E-state index >= 15 is 0 Å². The highest BCUT2D eigenvalue weighted by atomic mass is 16.3. The van der Waals surface area contributed by atoms with Crippen LogP contribution in [0.1, 0.15) is 33.7 Å². The maximum Gasteiger partial charge on any atom is 0.227 e. The molecule has 20 heavy (non-hydrogen) atoms. The zero-order valence-electron chi connectivity index (χ0n) is 12.3. The molecule has 2 heterocycles. The van der Waals surface area contributed by atoms with E-state index in [1.54, 1.807) is 6.33 Å². The van der Waals surface area contributed by atoms with Crippen molar-refractivity contribution in [3.63, 3.8) is 0 Å². The van der Waals surface area contributed by atoms with Crippen molar-refractivity contribution in [3.05, 3.63) is 6.33 Å². The number of aliphatic hydroxyl groups excluding tert-OH is 1. The molecule has 0 radical (unpaired) electrons. The number of hydrogen-bond acceptors (Lipinski definition) is 6. The van der Waals surface area contributed by atoms with Crippen LogP contribution in [0.5, 0.6) is 0 Å². The minimum Gasteiger partial charge on any atom is -0.394 e. The molecule has 0 aromatic carbocycles. The Kier molecular flexibility index (Phi) is 4.08. The molecule has 0 saturated heterocycles. The van der Waals surface area contributed by atoms with Crippen LogP contribution in [-0.4, -0.2) is 37.3 Å². The number of aromatic nitrogens is 4. The predicted molar refractivity (Wildman–Crippen MR) is 79.5 cm³/mol. The second kappa shape index (κ2) is 5.62. The van der Waals surface area contributed by atoms with Gasteiger partial charge in [-0.1, -0.05) is 13.8 Å².